The van der Waals surface area contributed by atoms with Crippen LogP contribution in [0.1, 0.15) is 38.5 Å². The van der Waals surface area contributed by atoms with Crippen LogP contribution in [0.4, 0.5) is 0 Å². The van der Waals surface area contributed by atoms with Gasteiger partial charge in [-0.25, -0.2) is 0 Å². The Kier molecular flexibility index (Phi) is 7.82. The number of methoxy groups -OCH3 is 2. The lowest BCUT2D eigenvalue weighted by atomic mass is 9.88. The van der Waals surface area contributed by atoms with E-state index in [1.54, 1.807) is 14.2 Å². The van der Waals surface area contributed by atoms with Crippen molar-refractivity contribution >= 4 is 0 Å². The molecular weight excluding hydrogens is 228 g/mol. The Bertz CT molecular complexity index is 196. The van der Waals surface area contributed by atoms with Crippen molar-refractivity contribution in [2.45, 2.75) is 44.1 Å². The highest BCUT2D eigenvalue weighted by Gasteiger charge is 2.35. The lowest BCUT2D eigenvalue weighted by Crippen LogP contribution is -2.55. The maximum atomic E-state index is 6.13. The monoisotopic (exact) mass is 258 g/mol. The van der Waals surface area contributed by atoms with Crippen LogP contribution in [-0.2, 0) is 9.47 Å². The Balaban J connectivity index is 2.68. The van der Waals surface area contributed by atoms with Crippen LogP contribution in [0.2, 0.25) is 0 Å². The van der Waals surface area contributed by atoms with Gasteiger partial charge in [0.2, 0.25) is 0 Å². The van der Waals surface area contributed by atoms with Gasteiger partial charge in [0, 0.05) is 39.4 Å². The number of hydrogen-bond acceptors (Lipinski definition) is 4. The van der Waals surface area contributed by atoms with E-state index in [0.29, 0.717) is 0 Å². The normalized spacial score (nSPS) is 20.0. The first-order valence-corrected chi connectivity index (χ1v) is 7.22. The second kappa shape index (κ2) is 8.86. The summed E-state index contributed by atoms with van der Waals surface area (Å²) < 4.78 is 10.5. The van der Waals surface area contributed by atoms with Crippen molar-refractivity contribution in [2.24, 2.45) is 5.73 Å². The molecule has 0 saturated heterocycles. The number of hydrogen-bond donors (Lipinski definition) is 1. The zero-order valence-electron chi connectivity index (χ0n) is 12.1. The van der Waals surface area contributed by atoms with Crippen LogP contribution in [0.25, 0.3) is 0 Å². The molecule has 1 fully saturated rings. The average molecular weight is 258 g/mol. The van der Waals surface area contributed by atoms with Gasteiger partial charge in [-0.2, -0.15) is 0 Å². The molecule has 108 valence electrons. The maximum Gasteiger partial charge on any atom is 0.0589 e. The first-order chi connectivity index (χ1) is 8.79. The quantitative estimate of drug-likeness (QED) is 0.672. The lowest BCUT2D eigenvalue weighted by molar-refractivity contribution is 0.0278. The van der Waals surface area contributed by atoms with Crippen molar-refractivity contribution in [3.63, 3.8) is 0 Å². The minimum Gasteiger partial charge on any atom is -0.383 e. The third-order valence-corrected chi connectivity index (χ3v) is 4.22. The predicted octanol–water partition coefficient (Wildman–Crippen LogP) is 1.63. The predicted molar refractivity (Wildman–Crippen MR) is 74.8 cm³/mol. The van der Waals surface area contributed by atoms with Gasteiger partial charge in [-0.15, -0.1) is 0 Å². The molecule has 1 aliphatic rings. The summed E-state index contributed by atoms with van der Waals surface area (Å²) in [6, 6.07) is 0. The molecule has 0 atom stereocenters. The summed E-state index contributed by atoms with van der Waals surface area (Å²) in [6.07, 6.45) is 7.74. The fraction of sp³-hybridized carbons (Fsp3) is 1.00. The molecule has 0 unspecified atom stereocenters. The van der Waals surface area contributed by atoms with E-state index in [1.165, 1.54) is 38.5 Å². The Hall–Kier alpha value is -0.160. The van der Waals surface area contributed by atoms with Gasteiger partial charge in [0.1, 0.15) is 0 Å². The molecule has 1 aliphatic carbocycles. The van der Waals surface area contributed by atoms with Crippen LogP contribution in [0.5, 0.6) is 0 Å². The number of ether oxygens (including phenoxy) is 2. The summed E-state index contributed by atoms with van der Waals surface area (Å²) in [7, 11) is 3.52. The van der Waals surface area contributed by atoms with Crippen LogP contribution in [0, 0.1) is 0 Å². The fourth-order valence-electron chi connectivity index (χ4n) is 3.03. The van der Waals surface area contributed by atoms with E-state index in [2.05, 4.69) is 4.90 Å². The molecular formula is C14H30N2O2. The smallest absolute Gasteiger partial charge is 0.0589 e. The molecule has 2 N–H and O–H groups in total. The van der Waals surface area contributed by atoms with Gasteiger partial charge >= 0.3 is 0 Å². The second-order valence-electron chi connectivity index (χ2n) is 5.32. The summed E-state index contributed by atoms with van der Waals surface area (Å²) in [5, 5.41) is 0. The van der Waals surface area contributed by atoms with Crippen molar-refractivity contribution < 1.29 is 9.47 Å². The molecule has 0 aromatic rings. The van der Waals surface area contributed by atoms with E-state index in [1.807, 2.05) is 0 Å². The van der Waals surface area contributed by atoms with Gasteiger partial charge in [0.15, 0.2) is 0 Å². The fourth-order valence-corrected chi connectivity index (χ4v) is 3.03. The molecule has 4 nitrogen and oxygen atoms in total. The molecule has 0 heterocycles. The highest BCUT2D eigenvalue weighted by Crippen LogP contribution is 2.31. The van der Waals surface area contributed by atoms with E-state index in [-0.39, 0.29) is 5.54 Å². The average Bonchev–Trinajstić information content (AvgIpc) is 2.65. The van der Waals surface area contributed by atoms with Crippen LogP contribution in [0.3, 0.4) is 0 Å². The molecule has 18 heavy (non-hydrogen) atoms. The van der Waals surface area contributed by atoms with E-state index in [0.717, 1.165) is 32.8 Å². The van der Waals surface area contributed by atoms with Gasteiger partial charge in [-0.1, -0.05) is 25.7 Å². The maximum absolute atomic E-state index is 6.13. The van der Waals surface area contributed by atoms with E-state index < -0.39 is 0 Å². The topological polar surface area (TPSA) is 47.7 Å². The van der Waals surface area contributed by atoms with Crippen LogP contribution >= 0.6 is 0 Å². The molecule has 1 rings (SSSR count). The Morgan fingerprint density at radius 2 is 1.44 bits per heavy atom. The lowest BCUT2D eigenvalue weighted by Gasteiger charge is -2.43. The molecule has 0 spiro atoms. The van der Waals surface area contributed by atoms with Crippen LogP contribution < -0.4 is 5.73 Å². The van der Waals surface area contributed by atoms with Crippen molar-refractivity contribution in [3.8, 4) is 0 Å². The number of nitrogens with two attached hydrogens (primary N) is 1. The van der Waals surface area contributed by atoms with Gasteiger partial charge < -0.3 is 15.2 Å². The highest BCUT2D eigenvalue weighted by atomic mass is 16.5. The summed E-state index contributed by atoms with van der Waals surface area (Å²) in [6.45, 7) is 4.20. The summed E-state index contributed by atoms with van der Waals surface area (Å²) >= 11 is 0. The largest absolute Gasteiger partial charge is 0.383 e. The van der Waals surface area contributed by atoms with Gasteiger partial charge in [-0.05, 0) is 12.8 Å². The molecule has 0 radical (unpaired) electrons. The third-order valence-electron chi connectivity index (χ3n) is 4.22. The first kappa shape index (κ1) is 15.9. The molecule has 0 bridgehead atoms. The summed E-state index contributed by atoms with van der Waals surface area (Å²) in [5.41, 5.74) is 6.30. The first-order valence-electron chi connectivity index (χ1n) is 7.22. The SMILES string of the molecule is COCCN(CCOC)C1(CN)CCCCCC1. The standard InChI is InChI=1S/C14H30N2O2/c1-17-11-9-16(10-12-18-2)14(13-15)7-5-3-4-6-8-14/h3-13,15H2,1-2H3. The van der Waals surface area contributed by atoms with Crippen molar-refractivity contribution in [2.75, 3.05) is 47.1 Å². The van der Waals surface area contributed by atoms with E-state index in [9.17, 15) is 0 Å². The third kappa shape index (κ3) is 4.50. The minimum absolute atomic E-state index is 0.174. The number of nitrogens with zero attached hydrogens (tertiary/aromatic N) is 1. The van der Waals surface area contributed by atoms with Crippen molar-refractivity contribution in [3.05, 3.63) is 0 Å². The van der Waals surface area contributed by atoms with Crippen LogP contribution in [-0.4, -0.2) is 57.5 Å². The Morgan fingerprint density at radius 3 is 1.83 bits per heavy atom. The molecule has 0 aliphatic heterocycles. The van der Waals surface area contributed by atoms with E-state index >= 15 is 0 Å². The minimum atomic E-state index is 0.174. The van der Waals surface area contributed by atoms with Gasteiger partial charge in [0.05, 0.1) is 13.2 Å². The molecule has 0 aromatic carbocycles. The van der Waals surface area contributed by atoms with Gasteiger partial charge in [0.25, 0.3) is 0 Å². The van der Waals surface area contributed by atoms with Crippen molar-refractivity contribution in [1.29, 1.82) is 0 Å². The summed E-state index contributed by atoms with van der Waals surface area (Å²) in [5.74, 6) is 0. The highest BCUT2D eigenvalue weighted by molar-refractivity contribution is 4.93. The van der Waals surface area contributed by atoms with E-state index in [4.69, 9.17) is 15.2 Å². The zero-order valence-corrected chi connectivity index (χ0v) is 12.1. The molecule has 1 saturated carbocycles. The molecule has 0 aromatic heterocycles. The van der Waals surface area contributed by atoms with Crippen molar-refractivity contribution in [1.82, 2.24) is 4.90 Å². The Morgan fingerprint density at radius 1 is 0.944 bits per heavy atom. The second-order valence-corrected chi connectivity index (χ2v) is 5.32. The molecule has 4 heteroatoms. The summed E-state index contributed by atoms with van der Waals surface area (Å²) in [4.78, 5) is 2.51. The Labute approximate surface area is 112 Å². The van der Waals surface area contributed by atoms with Gasteiger partial charge in [-0.3, -0.25) is 4.90 Å². The van der Waals surface area contributed by atoms with Crippen LogP contribution in [0.15, 0.2) is 0 Å². The molecule has 0 amide bonds. The number of rotatable bonds is 8. The zero-order chi connectivity index (χ0) is 13.3.